The van der Waals surface area contributed by atoms with Crippen molar-refractivity contribution in [1.29, 1.82) is 0 Å². The molecule has 2 heterocycles. The summed E-state index contributed by atoms with van der Waals surface area (Å²) < 4.78 is 1.93. The Hall–Kier alpha value is -0.320. The number of aromatic amines is 1. The highest BCUT2D eigenvalue weighted by atomic mass is 32.1. The summed E-state index contributed by atoms with van der Waals surface area (Å²) in [4.78, 5) is 2.98. The van der Waals surface area contributed by atoms with Crippen molar-refractivity contribution in [3.05, 3.63) is 22.2 Å². The van der Waals surface area contributed by atoms with Crippen LogP contribution in [0.25, 0.3) is 10.1 Å². The minimum atomic E-state index is 0.741. The summed E-state index contributed by atoms with van der Waals surface area (Å²) in [5.41, 5.74) is 0. The van der Waals surface area contributed by atoms with Crippen LogP contribution in [-0.2, 0) is 0 Å². The van der Waals surface area contributed by atoms with Crippen LogP contribution in [0, 0.1) is 4.64 Å². The van der Waals surface area contributed by atoms with E-state index in [0.29, 0.717) is 0 Å². The molecule has 4 heteroatoms. The zero-order chi connectivity index (χ0) is 7.84. The number of pyridine rings is 1. The van der Waals surface area contributed by atoms with Gasteiger partial charge in [0.2, 0.25) is 0 Å². The molecule has 0 aromatic carbocycles. The molecule has 0 spiro atoms. The molecule has 0 aliphatic heterocycles. The summed E-state index contributed by atoms with van der Waals surface area (Å²) >= 11 is 10.9. The fourth-order valence-corrected chi connectivity index (χ4v) is 2.56. The summed E-state index contributed by atoms with van der Waals surface area (Å²) in [7, 11) is 0. The van der Waals surface area contributed by atoms with Gasteiger partial charge in [0, 0.05) is 10.1 Å². The molecule has 0 saturated heterocycles. The van der Waals surface area contributed by atoms with E-state index < -0.39 is 0 Å². The smallest absolute Gasteiger partial charge is 0.105 e. The number of hydrogen-bond acceptors (Lipinski definition) is 3. The summed E-state index contributed by atoms with van der Waals surface area (Å²) in [6.45, 7) is 0. The van der Waals surface area contributed by atoms with Crippen LogP contribution in [-0.4, -0.2) is 4.98 Å². The lowest BCUT2D eigenvalue weighted by molar-refractivity contribution is 1.17. The van der Waals surface area contributed by atoms with Gasteiger partial charge in [-0.3, -0.25) is 0 Å². The number of hydrogen-bond donors (Lipinski definition) is 2. The largest absolute Gasteiger partial charge is 0.341 e. The predicted molar refractivity (Wildman–Crippen MR) is 54.3 cm³/mol. The van der Waals surface area contributed by atoms with Gasteiger partial charge in [-0.2, -0.15) is 0 Å². The highest BCUT2D eigenvalue weighted by molar-refractivity contribution is 7.80. The van der Waals surface area contributed by atoms with Gasteiger partial charge < -0.3 is 4.98 Å². The van der Waals surface area contributed by atoms with E-state index in [9.17, 15) is 0 Å². The second-order valence-corrected chi connectivity index (χ2v) is 4.02. The van der Waals surface area contributed by atoms with E-state index in [4.69, 9.17) is 12.2 Å². The maximum atomic E-state index is 5.00. The van der Waals surface area contributed by atoms with Gasteiger partial charge in [0.1, 0.15) is 4.64 Å². The molecule has 0 amide bonds. The first-order valence-electron chi connectivity index (χ1n) is 3.07. The molecule has 0 unspecified atom stereocenters. The van der Waals surface area contributed by atoms with Crippen LogP contribution in [0.2, 0.25) is 0 Å². The third-order valence-corrected chi connectivity index (χ3v) is 2.89. The minimum absolute atomic E-state index is 0.741. The van der Waals surface area contributed by atoms with Gasteiger partial charge >= 0.3 is 0 Å². The van der Waals surface area contributed by atoms with Gasteiger partial charge in [-0.05, 0) is 17.5 Å². The normalized spacial score (nSPS) is 10.6. The second-order valence-electron chi connectivity index (χ2n) is 2.18. The summed E-state index contributed by atoms with van der Waals surface area (Å²) in [6.07, 6.45) is 0. The average Bonchev–Trinajstić information content (AvgIpc) is 2.34. The number of H-pyrrole nitrogens is 1. The first-order chi connectivity index (χ1) is 5.27. The van der Waals surface area contributed by atoms with Crippen molar-refractivity contribution >= 4 is 46.3 Å². The molecule has 1 nitrogen and oxygen atoms in total. The summed E-state index contributed by atoms with van der Waals surface area (Å²) in [5, 5.41) is 4.04. The third-order valence-electron chi connectivity index (χ3n) is 1.45. The maximum absolute atomic E-state index is 5.00. The van der Waals surface area contributed by atoms with Crippen molar-refractivity contribution in [2.75, 3.05) is 0 Å². The highest BCUT2D eigenvalue weighted by Crippen LogP contribution is 2.24. The van der Waals surface area contributed by atoms with E-state index in [1.165, 1.54) is 4.70 Å². The van der Waals surface area contributed by atoms with Gasteiger partial charge in [0.25, 0.3) is 0 Å². The number of aromatic nitrogens is 1. The minimum Gasteiger partial charge on any atom is -0.341 e. The molecule has 0 bridgehead atoms. The van der Waals surface area contributed by atoms with E-state index in [1.807, 2.05) is 17.5 Å². The molecule has 2 rings (SSSR count). The molecule has 0 fully saturated rings. The predicted octanol–water partition coefficient (Wildman–Crippen LogP) is 3.25. The first kappa shape index (κ1) is 7.34. The van der Waals surface area contributed by atoms with Gasteiger partial charge in [-0.15, -0.1) is 24.0 Å². The van der Waals surface area contributed by atoms with Crippen LogP contribution in [0.3, 0.4) is 0 Å². The Balaban J connectivity index is 3.02. The van der Waals surface area contributed by atoms with E-state index in [0.717, 1.165) is 15.1 Å². The van der Waals surface area contributed by atoms with Crippen molar-refractivity contribution < 1.29 is 0 Å². The van der Waals surface area contributed by atoms with Crippen LogP contribution >= 0.6 is 36.2 Å². The van der Waals surface area contributed by atoms with Gasteiger partial charge in [-0.1, -0.05) is 12.2 Å². The van der Waals surface area contributed by atoms with Crippen LogP contribution in [0.1, 0.15) is 0 Å². The number of fused-ring (bicyclic) bond motifs is 1. The third kappa shape index (κ3) is 1.21. The van der Waals surface area contributed by atoms with Gasteiger partial charge in [0.05, 0.1) is 5.03 Å². The fourth-order valence-electron chi connectivity index (χ4n) is 0.968. The Labute approximate surface area is 78.5 Å². The van der Waals surface area contributed by atoms with Crippen LogP contribution in [0.5, 0.6) is 0 Å². The second kappa shape index (κ2) is 2.62. The molecule has 2 aromatic heterocycles. The topological polar surface area (TPSA) is 15.8 Å². The van der Waals surface area contributed by atoms with Crippen molar-refractivity contribution in [1.82, 2.24) is 4.98 Å². The lowest BCUT2D eigenvalue weighted by Crippen LogP contribution is -1.75. The number of rotatable bonds is 0. The van der Waals surface area contributed by atoms with Crippen LogP contribution in [0.4, 0.5) is 0 Å². The average molecular weight is 199 g/mol. The molecule has 0 radical (unpaired) electrons. The highest BCUT2D eigenvalue weighted by Gasteiger charge is 1.97. The lowest BCUT2D eigenvalue weighted by atomic mass is 10.3. The molecular formula is C7H5NS3. The summed E-state index contributed by atoms with van der Waals surface area (Å²) in [6, 6.07) is 3.99. The van der Waals surface area contributed by atoms with Crippen LogP contribution in [0.15, 0.2) is 22.5 Å². The molecule has 2 aromatic rings. The lowest BCUT2D eigenvalue weighted by Gasteiger charge is -1.93. The van der Waals surface area contributed by atoms with Crippen molar-refractivity contribution in [3.63, 3.8) is 0 Å². The molecule has 56 valence electrons. The molecule has 0 atom stereocenters. The molecular weight excluding hydrogens is 194 g/mol. The van der Waals surface area contributed by atoms with Gasteiger partial charge in [-0.25, -0.2) is 0 Å². The molecule has 0 aliphatic rings. The number of nitrogens with one attached hydrogen (secondary N) is 1. The Bertz CT molecular complexity index is 440. The Morgan fingerprint density at radius 2 is 2.36 bits per heavy atom. The quantitative estimate of drug-likeness (QED) is 0.491. The van der Waals surface area contributed by atoms with Crippen molar-refractivity contribution in [3.8, 4) is 0 Å². The van der Waals surface area contributed by atoms with Crippen molar-refractivity contribution in [2.45, 2.75) is 5.03 Å². The molecule has 11 heavy (non-hydrogen) atoms. The van der Waals surface area contributed by atoms with Crippen LogP contribution < -0.4 is 0 Å². The zero-order valence-corrected chi connectivity index (χ0v) is 8.02. The Morgan fingerprint density at radius 1 is 1.55 bits per heavy atom. The maximum Gasteiger partial charge on any atom is 0.105 e. The summed E-state index contributed by atoms with van der Waals surface area (Å²) in [5.74, 6) is 0. The fraction of sp³-hybridized carbons (Fsp3) is 0. The van der Waals surface area contributed by atoms with E-state index >= 15 is 0 Å². The van der Waals surface area contributed by atoms with E-state index in [1.54, 1.807) is 11.3 Å². The Kier molecular flexibility index (Phi) is 1.75. The van der Waals surface area contributed by atoms with E-state index in [-0.39, 0.29) is 0 Å². The van der Waals surface area contributed by atoms with E-state index in [2.05, 4.69) is 17.6 Å². The molecule has 0 aliphatic carbocycles. The zero-order valence-electron chi connectivity index (χ0n) is 5.50. The Morgan fingerprint density at radius 3 is 3.18 bits per heavy atom. The standard InChI is InChI=1S/C7H5NS3/c9-6-3-5-4(1-2-11-5)7(10)8-6/h1-3H,(H2,8,9,10). The monoisotopic (exact) mass is 199 g/mol. The van der Waals surface area contributed by atoms with Gasteiger partial charge in [0.15, 0.2) is 0 Å². The molecule has 1 N–H and O–H groups in total. The number of thiol groups is 1. The van der Waals surface area contributed by atoms with Crippen molar-refractivity contribution in [2.24, 2.45) is 0 Å². The number of thiophene rings is 1. The first-order valence-corrected chi connectivity index (χ1v) is 4.80. The molecule has 0 saturated carbocycles. The SMILES string of the molecule is S=c1cc2sccc2c(S)[nH]1.